The van der Waals surface area contributed by atoms with E-state index in [1.165, 1.54) is 30.6 Å². The van der Waals surface area contributed by atoms with Crippen molar-refractivity contribution in [2.45, 2.75) is 13.0 Å². The maximum atomic E-state index is 13.3. The van der Waals surface area contributed by atoms with Crippen LogP contribution >= 0.6 is 22.9 Å². The number of carbonyl (C=O) groups excluding carboxylic acids is 1. The molecule has 0 radical (unpaired) electrons. The van der Waals surface area contributed by atoms with E-state index in [1.807, 2.05) is 9.95 Å². The maximum absolute atomic E-state index is 13.3. The number of hydrogen-bond donors (Lipinski definition) is 1. The summed E-state index contributed by atoms with van der Waals surface area (Å²) in [5.41, 5.74) is 7.68. The van der Waals surface area contributed by atoms with Gasteiger partial charge in [-0.3, -0.25) is 4.79 Å². The standard InChI is InChI=1S/C20H19ClFN3O2S/c1-27-18-11-14(21)5-8-16(18)19(26)24-20-25(10-2-9-23)17(12-28-20)13-3-6-15(22)7-4-13/h3-8,11-12H,2,9-10,23H2,1H3. The molecule has 5 nitrogen and oxygen atoms in total. The zero-order chi connectivity index (χ0) is 20.1. The van der Waals surface area contributed by atoms with Crippen molar-refractivity contribution in [3.63, 3.8) is 0 Å². The van der Waals surface area contributed by atoms with Gasteiger partial charge in [-0.25, -0.2) is 4.39 Å². The molecular formula is C20H19ClFN3O2S. The average molecular weight is 420 g/mol. The molecule has 3 rings (SSSR count). The molecule has 1 amide bonds. The van der Waals surface area contributed by atoms with Crippen LogP contribution in [0.5, 0.6) is 5.75 Å². The van der Waals surface area contributed by atoms with Crippen LogP contribution in [0.3, 0.4) is 0 Å². The Morgan fingerprint density at radius 2 is 2.04 bits per heavy atom. The summed E-state index contributed by atoms with van der Waals surface area (Å²) in [5, 5.41) is 2.37. The molecule has 0 fully saturated rings. The highest BCUT2D eigenvalue weighted by Crippen LogP contribution is 2.24. The Labute approximate surface area is 170 Å². The van der Waals surface area contributed by atoms with Crippen LogP contribution in [0.4, 0.5) is 4.39 Å². The third kappa shape index (κ3) is 4.49. The number of benzene rings is 2. The van der Waals surface area contributed by atoms with E-state index in [0.717, 1.165) is 17.7 Å². The van der Waals surface area contributed by atoms with E-state index in [4.69, 9.17) is 22.1 Å². The minimum Gasteiger partial charge on any atom is -0.496 e. The maximum Gasteiger partial charge on any atom is 0.283 e. The van der Waals surface area contributed by atoms with Crippen LogP contribution < -0.4 is 15.3 Å². The minimum atomic E-state index is -0.428. The fourth-order valence-corrected chi connectivity index (χ4v) is 3.82. The van der Waals surface area contributed by atoms with Gasteiger partial charge in [0.25, 0.3) is 5.91 Å². The van der Waals surface area contributed by atoms with Crippen LogP contribution in [0.2, 0.25) is 5.02 Å². The number of rotatable bonds is 6. The first-order valence-corrected chi connectivity index (χ1v) is 9.86. The van der Waals surface area contributed by atoms with E-state index in [0.29, 0.717) is 34.2 Å². The molecule has 1 heterocycles. The van der Waals surface area contributed by atoms with Crippen molar-refractivity contribution in [1.29, 1.82) is 0 Å². The number of hydrogen-bond acceptors (Lipinski definition) is 4. The summed E-state index contributed by atoms with van der Waals surface area (Å²) in [6, 6.07) is 11.0. The number of halogens is 2. The van der Waals surface area contributed by atoms with Crippen molar-refractivity contribution in [1.82, 2.24) is 4.57 Å². The average Bonchev–Trinajstić information content (AvgIpc) is 3.08. The number of carbonyl (C=O) groups is 1. The van der Waals surface area contributed by atoms with Crippen LogP contribution in [0.15, 0.2) is 52.8 Å². The van der Waals surface area contributed by atoms with Crippen LogP contribution in [0.1, 0.15) is 16.8 Å². The van der Waals surface area contributed by atoms with Crippen molar-refractivity contribution >= 4 is 28.8 Å². The first kappa shape index (κ1) is 20.3. The lowest BCUT2D eigenvalue weighted by Crippen LogP contribution is -2.20. The molecule has 0 aliphatic heterocycles. The molecule has 0 unspecified atom stereocenters. The molecule has 0 aliphatic rings. The van der Waals surface area contributed by atoms with E-state index < -0.39 is 5.91 Å². The molecule has 2 N–H and O–H groups in total. The Balaban J connectivity index is 2.05. The van der Waals surface area contributed by atoms with Crippen molar-refractivity contribution in [3.8, 4) is 17.0 Å². The summed E-state index contributed by atoms with van der Waals surface area (Å²) >= 11 is 7.30. The highest BCUT2D eigenvalue weighted by atomic mass is 35.5. The van der Waals surface area contributed by atoms with Gasteiger partial charge in [0.2, 0.25) is 0 Å². The molecule has 146 valence electrons. The summed E-state index contributed by atoms with van der Waals surface area (Å²) < 4.78 is 20.4. The lowest BCUT2D eigenvalue weighted by atomic mass is 10.1. The molecule has 0 atom stereocenters. The zero-order valence-corrected chi connectivity index (χ0v) is 16.8. The van der Waals surface area contributed by atoms with Crippen molar-refractivity contribution in [2.75, 3.05) is 13.7 Å². The smallest absolute Gasteiger partial charge is 0.283 e. The molecule has 0 bridgehead atoms. The molecular weight excluding hydrogens is 401 g/mol. The van der Waals surface area contributed by atoms with Crippen molar-refractivity contribution in [3.05, 3.63) is 69.0 Å². The van der Waals surface area contributed by atoms with Gasteiger partial charge in [-0.15, -0.1) is 11.3 Å². The second-order valence-corrected chi connectivity index (χ2v) is 7.24. The van der Waals surface area contributed by atoms with Crippen molar-refractivity contribution < 1.29 is 13.9 Å². The summed E-state index contributed by atoms with van der Waals surface area (Å²) in [6.07, 6.45) is 0.719. The fourth-order valence-electron chi connectivity index (χ4n) is 2.72. The Kier molecular flexibility index (Phi) is 6.61. The minimum absolute atomic E-state index is 0.303. The van der Waals surface area contributed by atoms with Crippen molar-refractivity contribution in [2.24, 2.45) is 10.7 Å². The van der Waals surface area contributed by atoms with Gasteiger partial charge >= 0.3 is 0 Å². The van der Waals surface area contributed by atoms with E-state index in [2.05, 4.69) is 4.99 Å². The van der Waals surface area contributed by atoms with Gasteiger partial charge in [0.15, 0.2) is 4.80 Å². The summed E-state index contributed by atoms with van der Waals surface area (Å²) in [4.78, 5) is 17.6. The molecule has 28 heavy (non-hydrogen) atoms. The molecule has 3 aromatic rings. The molecule has 0 saturated carbocycles. The van der Waals surface area contributed by atoms with Gasteiger partial charge in [0, 0.05) is 16.9 Å². The first-order chi connectivity index (χ1) is 13.5. The Morgan fingerprint density at radius 3 is 2.71 bits per heavy atom. The van der Waals surface area contributed by atoms with E-state index in [9.17, 15) is 9.18 Å². The summed E-state index contributed by atoms with van der Waals surface area (Å²) in [6.45, 7) is 1.10. The molecule has 8 heteroatoms. The second kappa shape index (κ2) is 9.14. The van der Waals surface area contributed by atoms with Gasteiger partial charge in [0.05, 0.1) is 18.4 Å². The normalized spacial score (nSPS) is 11.6. The fraction of sp³-hybridized carbons (Fsp3) is 0.200. The Hall–Kier alpha value is -2.48. The van der Waals surface area contributed by atoms with Gasteiger partial charge in [-0.1, -0.05) is 11.6 Å². The highest BCUT2D eigenvalue weighted by molar-refractivity contribution is 7.07. The molecule has 0 saturated heterocycles. The largest absolute Gasteiger partial charge is 0.496 e. The molecule has 1 aromatic heterocycles. The lowest BCUT2D eigenvalue weighted by molar-refractivity contribution is 0.0995. The molecule has 2 aromatic carbocycles. The van der Waals surface area contributed by atoms with Gasteiger partial charge in [-0.2, -0.15) is 4.99 Å². The number of aromatic nitrogens is 1. The van der Waals surface area contributed by atoms with Gasteiger partial charge < -0.3 is 15.0 Å². The topological polar surface area (TPSA) is 69.6 Å². The third-order valence-electron chi connectivity index (χ3n) is 4.11. The summed E-state index contributed by atoms with van der Waals surface area (Å²) in [5.74, 6) is -0.366. The highest BCUT2D eigenvalue weighted by Gasteiger charge is 2.14. The van der Waals surface area contributed by atoms with E-state index in [1.54, 1.807) is 30.3 Å². The van der Waals surface area contributed by atoms with Gasteiger partial charge in [-0.05, 0) is 61.0 Å². The van der Waals surface area contributed by atoms with Crippen LogP contribution in [-0.4, -0.2) is 24.1 Å². The summed E-state index contributed by atoms with van der Waals surface area (Å²) in [7, 11) is 1.47. The zero-order valence-electron chi connectivity index (χ0n) is 15.2. The predicted molar refractivity (Wildman–Crippen MR) is 109 cm³/mol. The van der Waals surface area contributed by atoms with Crippen LogP contribution in [-0.2, 0) is 6.54 Å². The number of methoxy groups -OCH3 is 1. The number of nitrogens with zero attached hydrogens (tertiary/aromatic N) is 2. The van der Waals surface area contributed by atoms with Crippen LogP contribution in [0.25, 0.3) is 11.3 Å². The predicted octanol–water partition coefficient (Wildman–Crippen LogP) is 4.11. The Morgan fingerprint density at radius 1 is 1.29 bits per heavy atom. The van der Waals surface area contributed by atoms with Gasteiger partial charge in [0.1, 0.15) is 11.6 Å². The lowest BCUT2D eigenvalue weighted by Gasteiger charge is -2.09. The Bertz CT molecular complexity index is 1040. The number of ether oxygens (including phenoxy) is 1. The second-order valence-electron chi connectivity index (χ2n) is 5.97. The first-order valence-electron chi connectivity index (χ1n) is 8.60. The molecule has 0 aliphatic carbocycles. The molecule has 0 spiro atoms. The SMILES string of the molecule is COc1cc(Cl)ccc1C(=O)N=c1scc(-c2ccc(F)cc2)n1CCCN. The van der Waals surface area contributed by atoms with Crippen LogP contribution in [0, 0.1) is 5.82 Å². The van der Waals surface area contributed by atoms with E-state index >= 15 is 0 Å². The number of nitrogens with two attached hydrogens (primary N) is 1. The van der Waals surface area contributed by atoms with E-state index in [-0.39, 0.29) is 5.82 Å². The quantitative estimate of drug-likeness (QED) is 0.653. The number of amides is 1. The monoisotopic (exact) mass is 419 g/mol. The third-order valence-corrected chi connectivity index (χ3v) is 5.21. The number of thiazole rings is 1.